The molecule has 0 saturated carbocycles. The standard InChI is InChI=1S/C16H21FN2O/c1-12(18)14-3-2-10-19(11-14)16(20)9-6-13-4-7-15(17)8-5-13/h4-9,12,14H,2-3,10-11,18H2,1H3/b9-6+. The van der Waals surface area contributed by atoms with Crippen molar-refractivity contribution in [3.05, 3.63) is 41.7 Å². The van der Waals surface area contributed by atoms with E-state index in [0.717, 1.165) is 31.5 Å². The summed E-state index contributed by atoms with van der Waals surface area (Å²) >= 11 is 0. The molecule has 1 aliphatic rings. The van der Waals surface area contributed by atoms with Gasteiger partial charge in [-0.1, -0.05) is 12.1 Å². The van der Waals surface area contributed by atoms with Gasteiger partial charge in [0.2, 0.25) is 5.91 Å². The maximum atomic E-state index is 12.8. The quantitative estimate of drug-likeness (QED) is 0.862. The zero-order valence-corrected chi connectivity index (χ0v) is 11.8. The fourth-order valence-electron chi connectivity index (χ4n) is 2.49. The molecule has 0 bridgehead atoms. The second-order valence-corrected chi connectivity index (χ2v) is 5.43. The number of halogens is 1. The monoisotopic (exact) mass is 276 g/mol. The smallest absolute Gasteiger partial charge is 0.246 e. The maximum Gasteiger partial charge on any atom is 0.246 e. The van der Waals surface area contributed by atoms with Gasteiger partial charge in [-0.15, -0.1) is 0 Å². The third-order valence-corrected chi connectivity index (χ3v) is 3.80. The first kappa shape index (κ1) is 14.7. The first-order valence-corrected chi connectivity index (χ1v) is 7.04. The Bertz CT molecular complexity index is 482. The average Bonchev–Trinajstić information content (AvgIpc) is 2.46. The number of nitrogens with two attached hydrogens (primary N) is 1. The van der Waals surface area contributed by atoms with Gasteiger partial charge in [-0.25, -0.2) is 4.39 Å². The van der Waals surface area contributed by atoms with E-state index in [0.29, 0.717) is 5.92 Å². The minimum Gasteiger partial charge on any atom is -0.339 e. The predicted octanol–water partition coefficient (Wildman–Crippen LogP) is 2.42. The van der Waals surface area contributed by atoms with E-state index in [1.807, 2.05) is 11.8 Å². The van der Waals surface area contributed by atoms with E-state index in [4.69, 9.17) is 5.73 Å². The number of amides is 1. The van der Waals surface area contributed by atoms with Gasteiger partial charge < -0.3 is 10.6 Å². The van der Waals surface area contributed by atoms with Gasteiger partial charge in [0.15, 0.2) is 0 Å². The Kier molecular flexibility index (Phi) is 4.90. The van der Waals surface area contributed by atoms with Gasteiger partial charge in [0.1, 0.15) is 5.82 Å². The van der Waals surface area contributed by atoms with E-state index >= 15 is 0 Å². The normalized spacial score (nSPS) is 21.1. The van der Waals surface area contributed by atoms with Crippen LogP contribution in [0.1, 0.15) is 25.3 Å². The van der Waals surface area contributed by atoms with E-state index in [9.17, 15) is 9.18 Å². The number of hydrogen-bond acceptors (Lipinski definition) is 2. The SMILES string of the molecule is CC(N)C1CCCN(C(=O)/C=C/c2ccc(F)cc2)C1. The van der Waals surface area contributed by atoms with E-state index in [2.05, 4.69) is 0 Å². The summed E-state index contributed by atoms with van der Waals surface area (Å²) in [7, 11) is 0. The highest BCUT2D eigenvalue weighted by molar-refractivity contribution is 5.91. The molecule has 1 saturated heterocycles. The third kappa shape index (κ3) is 3.90. The molecule has 1 amide bonds. The van der Waals surface area contributed by atoms with Crippen molar-refractivity contribution in [2.24, 2.45) is 11.7 Å². The maximum absolute atomic E-state index is 12.8. The predicted molar refractivity (Wildman–Crippen MR) is 78.4 cm³/mol. The number of carbonyl (C=O) groups excluding carboxylic acids is 1. The summed E-state index contributed by atoms with van der Waals surface area (Å²) < 4.78 is 12.8. The summed E-state index contributed by atoms with van der Waals surface area (Å²) in [5.41, 5.74) is 6.74. The van der Waals surface area contributed by atoms with Crippen molar-refractivity contribution in [3.8, 4) is 0 Å². The van der Waals surface area contributed by atoms with Gasteiger partial charge in [0.25, 0.3) is 0 Å². The Morgan fingerprint density at radius 3 is 2.80 bits per heavy atom. The summed E-state index contributed by atoms with van der Waals surface area (Å²) in [6, 6.07) is 6.20. The van der Waals surface area contributed by atoms with Gasteiger partial charge in [0, 0.05) is 25.2 Å². The van der Waals surface area contributed by atoms with Crippen LogP contribution in [0.2, 0.25) is 0 Å². The molecule has 2 unspecified atom stereocenters. The number of nitrogens with zero attached hydrogens (tertiary/aromatic N) is 1. The molecule has 2 rings (SSSR count). The van der Waals surface area contributed by atoms with E-state index in [-0.39, 0.29) is 17.8 Å². The van der Waals surface area contributed by atoms with Crippen LogP contribution in [0.4, 0.5) is 4.39 Å². The van der Waals surface area contributed by atoms with Gasteiger partial charge in [-0.05, 0) is 49.5 Å². The number of benzene rings is 1. The fraction of sp³-hybridized carbons (Fsp3) is 0.438. The van der Waals surface area contributed by atoms with Crippen molar-refractivity contribution >= 4 is 12.0 Å². The summed E-state index contributed by atoms with van der Waals surface area (Å²) in [6.45, 7) is 3.51. The molecule has 0 aromatic heterocycles. The molecule has 1 aromatic carbocycles. The highest BCUT2D eigenvalue weighted by Gasteiger charge is 2.24. The third-order valence-electron chi connectivity index (χ3n) is 3.80. The molecule has 1 aliphatic heterocycles. The van der Waals surface area contributed by atoms with E-state index in [1.165, 1.54) is 12.1 Å². The molecule has 2 N–H and O–H groups in total. The molecular weight excluding hydrogens is 255 g/mol. The molecule has 3 nitrogen and oxygen atoms in total. The van der Waals surface area contributed by atoms with Crippen molar-refractivity contribution < 1.29 is 9.18 Å². The number of piperidine rings is 1. The van der Waals surface area contributed by atoms with Crippen molar-refractivity contribution in [2.75, 3.05) is 13.1 Å². The molecular formula is C16H21FN2O. The van der Waals surface area contributed by atoms with E-state index in [1.54, 1.807) is 24.3 Å². The zero-order valence-electron chi connectivity index (χ0n) is 11.8. The summed E-state index contributed by atoms with van der Waals surface area (Å²) in [4.78, 5) is 14.0. The van der Waals surface area contributed by atoms with E-state index < -0.39 is 0 Å². The van der Waals surface area contributed by atoms with Crippen LogP contribution in [0.3, 0.4) is 0 Å². The first-order chi connectivity index (χ1) is 9.56. The molecule has 0 radical (unpaired) electrons. The first-order valence-electron chi connectivity index (χ1n) is 7.04. The Labute approximate surface area is 119 Å². The lowest BCUT2D eigenvalue weighted by Gasteiger charge is -2.34. The number of carbonyl (C=O) groups is 1. The van der Waals surface area contributed by atoms with Gasteiger partial charge >= 0.3 is 0 Å². The van der Waals surface area contributed by atoms with Crippen molar-refractivity contribution in [1.29, 1.82) is 0 Å². The number of likely N-dealkylation sites (tertiary alicyclic amines) is 1. The summed E-state index contributed by atoms with van der Waals surface area (Å²) in [6.07, 6.45) is 5.36. The fourth-order valence-corrected chi connectivity index (χ4v) is 2.49. The lowest BCUT2D eigenvalue weighted by Crippen LogP contribution is -2.44. The highest BCUT2D eigenvalue weighted by Crippen LogP contribution is 2.19. The van der Waals surface area contributed by atoms with Crippen LogP contribution in [0.15, 0.2) is 30.3 Å². The molecule has 1 heterocycles. The van der Waals surface area contributed by atoms with Crippen LogP contribution in [0, 0.1) is 11.7 Å². The van der Waals surface area contributed by atoms with Gasteiger partial charge in [-0.2, -0.15) is 0 Å². The highest BCUT2D eigenvalue weighted by atomic mass is 19.1. The molecule has 1 aromatic rings. The van der Waals surface area contributed by atoms with Crippen LogP contribution in [-0.2, 0) is 4.79 Å². The minimum absolute atomic E-state index is 0.000301. The van der Waals surface area contributed by atoms with Gasteiger partial charge in [0.05, 0.1) is 0 Å². The average molecular weight is 276 g/mol. The molecule has 108 valence electrons. The molecule has 20 heavy (non-hydrogen) atoms. The van der Waals surface area contributed by atoms with Crippen LogP contribution >= 0.6 is 0 Å². The van der Waals surface area contributed by atoms with Crippen molar-refractivity contribution in [1.82, 2.24) is 4.90 Å². The summed E-state index contributed by atoms with van der Waals surface area (Å²) in [5, 5.41) is 0. The Morgan fingerprint density at radius 1 is 1.45 bits per heavy atom. The second-order valence-electron chi connectivity index (χ2n) is 5.43. The van der Waals surface area contributed by atoms with Crippen molar-refractivity contribution in [3.63, 3.8) is 0 Å². The lowest BCUT2D eigenvalue weighted by atomic mass is 9.92. The minimum atomic E-state index is -0.274. The molecule has 2 atom stereocenters. The topological polar surface area (TPSA) is 46.3 Å². The van der Waals surface area contributed by atoms with Crippen LogP contribution in [-0.4, -0.2) is 29.9 Å². The molecule has 0 aliphatic carbocycles. The Morgan fingerprint density at radius 2 is 2.15 bits per heavy atom. The Hall–Kier alpha value is -1.68. The zero-order chi connectivity index (χ0) is 14.5. The van der Waals surface area contributed by atoms with Crippen LogP contribution in [0.5, 0.6) is 0 Å². The molecule has 0 spiro atoms. The summed E-state index contributed by atoms with van der Waals surface area (Å²) in [5.74, 6) is 0.107. The van der Waals surface area contributed by atoms with Crippen LogP contribution in [0.25, 0.3) is 6.08 Å². The Balaban J connectivity index is 1.95. The lowest BCUT2D eigenvalue weighted by molar-refractivity contribution is -0.127. The number of rotatable bonds is 3. The second kappa shape index (κ2) is 6.66. The largest absolute Gasteiger partial charge is 0.339 e. The number of hydrogen-bond donors (Lipinski definition) is 1. The molecule has 4 heteroatoms. The van der Waals surface area contributed by atoms with Crippen LogP contribution < -0.4 is 5.73 Å². The molecule has 1 fully saturated rings. The van der Waals surface area contributed by atoms with Gasteiger partial charge in [-0.3, -0.25) is 4.79 Å². The van der Waals surface area contributed by atoms with Crippen molar-refractivity contribution in [2.45, 2.75) is 25.8 Å².